The highest BCUT2D eigenvalue weighted by atomic mass is 35.5. The second kappa shape index (κ2) is 7.00. The molecule has 0 atom stereocenters. The molecule has 0 unspecified atom stereocenters. The molecule has 2 aromatic rings. The van der Waals surface area contributed by atoms with E-state index in [-0.39, 0.29) is 0 Å². The van der Waals surface area contributed by atoms with Gasteiger partial charge in [-0.3, -0.25) is 0 Å². The zero-order valence-corrected chi connectivity index (χ0v) is 11.7. The monoisotopic (exact) mass is 276 g/mol. The van der Waals surface area contributed by atoms with Crippen LogP contribution < -0.4 is 9.64 Å². The smallest absolute Gasteiger partial charge is 0.137 e. The minimum Gasteiger partial charge on any atom is -0.495 e. The lowest BCUT2D eigenvalue weighted by molar-refractivity contribution is 0.413. The van der Waals surface area contributed by atoms with Crippen LogP contribution in [-0.4, -0.2) is 24.5 Å². The normalized spacial score (nSPS) is 10.2. The van der Waals surface area contributed by atoms with Gasteiger partial charge in [0.15, 0.2) is 0 Å². The fraction of sp³-hybridized carbons (Fsp3) is 0.267. The van der Waals surface area contributed by atoms with Crippen molar-refractivity contribution < 1.29 is 4.74 Å². The number of benzene rings is 1. The van der Waals surface area contributed by atoms with Crippen molar-refractivity contribution in [3.8, 4) is 5.75 Å². The van der Waals surface area contributed by atoms with Gasteiger partial charge in [0.05, 0.1) is 13.3 Å². The van der Waals surface area contributed by atoms with Crippen molar-refractivity contribution in [2.24, 2.45) is 0 Å². The average Bonchev–Trinajstić information content (AvgIpc) is 2.48. The Hall–Kier alpha value is -1.74. The van der Waals surface area contributed by atoms with Crippen molar-refractivity contribution in [2.45, 2.75) is 6.54 Å². The SMILES string of the molecule is COc1ccc(N(CCCl)Cc2ccccc2)nc1. The second-order valence-corrected chi connectivity index (χ2v) is 4.53. The van der Waals surface area contributed by atoms with E-state index in [1.165, 1.54) is 5.56 Å². The Balaban J connectivity index is 2.14. The van der Waals surface area contributed by atoms with Crippen LogP contribution in [0.2, 0.25) is 0 Å². The Morgan fingerprint density at radius 1 is 1.16 bits per heavy atom. The number of ether oxygens (including phenoxy) is 1. The Kier molecular flexibility index (Phi) is 5.04. The summed E-state index contributed by atoms with van der Waals surface area (Å²) in [5, 5.41) is 0. The van der Waals surface area contributed by atoms with Crippen LogP contribution >= 0.6 is 11.6 Å². The van der Waals surface area contributed by atoms with Gasteiger partial charge in [-0.05, 0) is 17.7 Å². The summed E-state index contributed by atoms with van der Waals surface area (Å²) in [7, 11) is 1.64. The summed E-state index contributed by atoms with van der Waals surface area (Å²) in [6, 6.07) is 14.2. The molecule has 0 aliphatic carbocycles. The number of nitrogens with zero attached hydrogens (tertiary/aromatic N) is 2. The van der Waals surface area contributed by atoms with Gasteiger partial charge < -0.3 is 9.64 Å². The van der Waals surface area contributed by atoms with Crippen molar-refractivity contribution in [2.75, 3.05) is 24.4 Å². The summed E-state index contributed by atoms with van der Waals surface area (Å²) in [5.41, 5.74) is 1.24. The zero-order valence-electron chi connectivity index (χ0n) is 10.9. The predicted molar refractivity (Wildman–Crippen MR) is 79.0 cm³/mol. The van der Waals surface area contributed by atoms with Crippen LogP contribution in [0.25, 0.3) is 0 Å². The van der Waals surface area contributed by atoms with Crippen molar-refractivity contribution in [1.29, 1.82) is 0 Å². The lowest BCUT2D eigenvalue weighted by Crippen LogP contribution is -2.25. The third kappa shape index (κ3) is 3.86. The van der Waals surface area contributed by atoms with Crippen LogP contribution in [0.15, 0.2) is 48.7 Å². The molecule has 0 saturated heterocycles. The summed E-state index contributed by atoms with van der Waals surface area (Å²) in [6.45, 7) is 1.56. The Bertz CT molecular complexity index is 487. The zero-order chi connectivity index (χ0) is 13.5. The molecule has 0 amide bonds. The highest BCUT2D eigenvalue weighted by Crippen LogP contribution is 2.17. The lowest BCUT2D eigenvalue weighted by atomic mass is 10.2. The topological polar surface area (TPSA) is 25.4 Å². The summed E-state index contributed by atoms with van der Waals surface area (Å²) in [6.07, 6.45) is 1.72. The average molecular weight is 277 g/mol. The minimum absolute atomic E-state index is 0.570. The van der Waals surface area contributed by atoms with Crippen LogP contribution in [-0.2, 0) is 6.54 Å². The molecule has 1 aromatic heterocycles. The Morgan fingerprint density at radius 2 is 1.95 bits per heavy atom. The van der Waals surface area contributed by atoms with Crippen LogP contribution in [0.3, 0.4) is 0 Å². The molecule has 0 bridgehead atoms. The van der Waals surface area contributed by atoms with Crippen molar-refractivity contribution in [3.63, 3.8) is 0 Å². The molecule has 2 rings (SSSR count). The molecule has 0 N–H and O–H groups in total. The van der Waals surface area contributed by atoms with E-state index in [2.05, 4.69) is 22.0 Å². The molecule has 19 heavy (non-hydrogen) atoms. The summed E-state index contributed by atoms with van der Waals surface area (Å²) in [5.74, 6) is 2.24. The van der Waals surface area contributed by atoms with Crippen molar-refractivity contribution >= 4 is 17.4 Å². The van der Waals surface area contributed by atoms with Gasteiger partial charge in [0, 0.05) is 19.0 Å². The number of hydrogen-bond acceptors (Lipinski definition) is 3. The highest BCUT2D eigenvalue weighted by molar-refractivity contribution is 6.18. The molecule has 0 aliphatic rings. The fourth-order valence-corrected chi connectivity index (χ4v) is 2.06. The molecule has 1 aromatic carbocycles. The number of methoxy groups -OCH3 is 1. The van der Waals surface area contributed by atoms with Gasteiger partial charge in [-0.25, -0.2) is 4.98 Å². The summed E-state index contributed by atoms with van der Waals surface area (Å²) in [4.78, 5) is 6.56. The van der Waals surface area contributed by atoms with Crippen molar-refractivity contribution in [1.82, 2.24) is 4.98 Å². The van der Waals surface area contributed by atoms with E-state index in [0.29, 0.717) is 5.88 Å². The van der Waals surface area contributed by atoms with E-state index in [9.17, 15) is 0 Å². The minimum atomic E-state index is 0.570. The van der Waals surface area contributed by atoms with Gasteiger partial charge in [-0.2, -0.15) is 0 Å². The first-order valence-corrected chi connectivity index (χ1v) is 6.72. The van der Waals surface area contributed by atoms with Gasteiger partial charge in [-0.15, -0.1) is 11.6 Å². The van der Waals surface area contributed by atoms with Crippen LogP contribution in [0, 0.1) is 0 Å². The van der Waals surface area contributed by atoms with Crippen molar-refractivity contribution in [3.05, 3.63) is 54.2 Å². The van der Waals surface area contributed by atoms with E-state index >= 15 is 0 Å². The third-order valence-corrected chi connectivity index (χ3v) is 3.02. The molecule has 1 heterocycles. The first-order chi connectivity index (χ1) is 9.33. The third-order valence-electron chi connectivity index (χ3n) is 2.85. The predicted octanol–water partition coefficient (Wildman–Crippen LogP) is 3.34. The van der Waals surface area contributed by atoms with Crippen LogP contribution in [0.5, 0.6) is 5.75 Å². The molecule has 0 fully saturated rings. The van der Waals surface area contributed by atoms with Gasteiger partial charge in [0.2, 0.25) is 0 Å². The standard InChI is InChI=1S/C15H17ClN2O/c1-19-14-7-8-15(17-11-14)18(10-9-16)12-13-5-3-2-4-6-13/h2-8,11H,9-10,12H2,1H3. The molecular formula is C15H17ClN2O. The van der Waals surface area contributed by atoms with Gasteiger partial charge >= 0.3 is 0 Å². The van der Waals surface area contributed by atoms with E-state index in [1.807, 2.05) is 30.3 Å². The van der Waals surface area contributed by atoms with Crippen LogP contribution in [0.4, 0.5) is 5.82 Å². The molecule has 100 valence electrons. The summed E-state index contributed by atoms with van der Waals surface area (Å²) >= 11 is 5.88. The maximum atomic E-state index is 5.88. The maximum Gasteiger partial charge on any atom is 0.137 e. The number of rotatable bonds is 6. The molecule has 4 heteroatoms. The van der Waals surface area contributed by atoms with Gasteiger partial charge in [-0.1, -0.05) is 30.3 Å². The summed E-state index contributed by atoms with van der Waals surface area (Å²) < 4.78 is 5.12. The number of hydrogen-bond donors (Lipinski definition) is 0. The van der Waals surface area contributed by atoms with E-state index in [4.69, 9.17) is 16.3 Å². The Labute approximate surface area is 118 Å². The molecule has 0 radical (unpaired) electrons. The largest absolute Gasteiger partial charge is 0.495 e. The van der Waals surface area contributed by atoms with E-state index in [1.54, 1.807) is 13.3 Å². The van der Waals surface area contributed by atoms with Gasteiger partial charge in [0.25, 0.3) is 0 Å². The number of halogens is 1. The van der Waals surface area contributed by atoms with E-state index < -0.39 is 0 Å². The molecule has 3 nitrogen and oxygen atoms in total. The second-order valence-electron chi connectivity index (χ2n) is 4.15. The quantitative estimate of drug-likeness (QED) is 0.757. The lowest BCUT2D eigenvalue weighted by Gasteiger charge is -2.23. The molecule has 0 aliphatic heterocycles. The number of alkyl halides is 1. The molecule has 0 saturated carbocycles. The number of pyridine rings is 1. The molecular weight excluding hydrogens is 260 g/mol. The van der Waals surface area contributed by atoms with E-state index in [0.717, 1.165) is 24.7 Å². The van der Waals surface area contributed by atoms with Crippen LogP contribution in [0.1, 0.15) is 5.56 Å². The molecule has 0 spiro atoms. The maximum absolute atomic E-state index is 5.88. The first-order valence-electron chi connectivity index (χ1n) is 6.18. The number of aromatic nitrogens is 1. The highest BCUT2D eigenvalue weighted by Gasteiger charge is 2.08. The van der Waals surface area contributed by atoms with Gasteiger partial charge in [0.1, 0.15) is 11.6 Å². The number of anilines is 1. The fourth-order valence-electron chi connectivity index (χ4n) is 1.86. The Morgan fingerprint density at radius 3 is 2.53 bits per heavy atom. The first kappa shape index (κ1) is 13.7.